The first-order chi connectivity index (χ1) is 7.47. The lowest BCUT2D eigenvalue weighted by Gasteiger charge is -2.21. The second kappa shape index (κ2) is 3.81. The fraction of sp³-hybridized carbons (Fsp3) is 0.462. The van der Waals surface area contributed by atoms with Gasteiger partial charge in [0.15, 0.2) is 0 Å². The average Bonchev–Trinajstić information content (AvgIpc) is 2.58. The van der Waals surface area contributed by atoms with E-state index in [1.54, 1.807) is 0 Å². The van der Waals surface area contributed by atoms with Gasteiger partial charge in [-0.3, -0.25) is 4.79 Å². The van der Waals surface area contributed by atoms with Gasteiger partial charge >= 0.3 is 5.97 Å². The van der Waals surface area contributed by atoms with Gasteiger partial charge in [0.2, 0.25) is 0 Å². The molecule has 1 unspecified atom stereocenters. The number of benzene rings is 1. The van der Waals surface area contributed by atoms with E-state index in [0.29, 0.717) is 6.61 Å². The molecule has 1 atom stereocenters. The van der Waals surface area contributed by atoms with Gasteiger partial charge in [-0.05, 0) is 26.8 Å². The highest BCUT2D eigenvalue weighted by molar-refractivity contribution is 5.80. The molecule has 0 amide bonds. The van der Waals surface area contributed by atoms with Gasteiger partial charge in [-0.15, -0.1) is 0 Å². The molecule has 0 aliphatic carbocycles. The van der Waals surface area contributed by atoms with Crippen LogP contribution in [0.2, 0.25) is 0 Å². The Kier molecular flexibility index (Phi) is 2.62. The summed E-state index contributed by atoms with van der Waals surface area (Å²) >= 11 is 0. The molecule has 3 nitrogen and oxygen atoms in total. The Morgan fingerprint density at radius 1 is 1.38 bits per heavy atom. The van der Waals surface area contributed by atoms with Gasteiger partial charge in [-0.25, -0.2) is 0 Å². The number of carbonyl (C=O) groups is 1. The number of para-hydroxylation sites is 1. The van der Waals surface area contributed by atoms with Crippen LogP contribution in [0, 0.1) is 0 Å². The molecule has 0 saturated heterocycles. The Balaban J connectivity index is 2.16. The van der Waals surface area contributed by atoms with Gasteiger partial charge in [-0.1, -0.05) is 18.2 Å². The number of hydrogen-bond acceptors (Lipinski definition) is 3. The molecule has 0 aromatic heterocycles. The topological polar surface area (TPSA) is 35.5 Å². The maximum Gasteiger partial charge on any atom is 0.317 e. The summed E-state index contributed by atoms with van der Waals surface area (Å²) in [5.74, 6) is 0.297. The molecule has 1 aromatic rings. The highest BCUT2D eigenvalue weighted by Crippen LogP contribution is 2.34. The molecule has 2 rings (SSSR count). The molecule has 0 N–H and O–H groups in total. The third-order valence-electron chi connectivity index (χ3n) is 2.39. The van der Waals surface area contributed by atoms with E-state index in [0.717, 1.165) is 11.3 Å². The number of hydrogen-bond donors (Lipinski definition) is 0. The summed E-state index contributed by atoms with van der Waals surface area (Å²) in [6.45, 7) is 5.99. The Morgan fingerprint density at radius 2 is 2.06 bits per heavy atom. The molecular weight excluding hydrogens is 204 g/mol. The van der Waals surface area contributed by atoms with E-state index < -0.39 is 5.60 Å². The van der Waals surface area contributed by atoms with Gasteiger partial charge in [0.1, 0.15) is 23.9 Å². The second-order valence-electron chi connectivity index (χ2n) is 4.93. The minimum Gasteiger partial charge on any atom is -0.492 e. The molecule has 0 saturated carbocycles. The Labute approximate surface area is 95.4 Å². The molecule has 1 aliphatic rings. The van der Waals surface area contributed by atoms with Crippen molar-refractivity contribution in [2.75, 3.05) is 6.61 Å². The normalized spacial score (nSPS) is 18.8. The third-order valence-corrected chi connectivity index (χ3v) is 2.39. The van der Waals surface area contributed by atoms with Crippen molar-refractivity contribution in [2.45, 2.75) is 32.3 Å². The molecule has 0 bridgehead atoms. The van der Waals surface area contributed by atoms with Crippen LogP contribution >= 0.6 is 0 Å². The van der Waals surface area contributed by atoms with E-state index in [4.69, 9.17) is 9.47 Å². The summed E-state index contributed by atoms with van der Waals surface area (Å²) in [5.41, 5.74) is 0.478. The largest absolute Gasteiger partial charge is 0.492 e. The molecule has 0 radical (unpaired) electrons. The number of esters is 1. The zero-order chi connectivity index (χ0) is 11.8. The van der Waals surface area contributed by atoms with Crippen LogP contribution in [-0.2, 0) is 9.53 Å². The second-order valence-corrected chi connectivity index (χ2v) is 4.93. The smallest absolute Gasteiger partial charge is 0.317 e. The SMILES string of the molecule is CC(C)(C)OC(=O)C1COc2ccccc21. The first-order valence-corrected chi connectivity index (χ1v) is 5.42. The van der Waals surface area contributed by atoms with Gasteiger partial charge < -0.3 is 9.47 Å². The maximum atomic E-state index is 11.9. The lowest BCUT2D eigenvalue weighted by molar-refractivity contribution is -0.156. The van der Waals surface area contributed by atoms with Crippen molar-refractivity contribution in [2.24, 2.45) is 0 Å². The van der Waals surface area contributed by atoms with Gasteiger partial charge in [0.25, 0.3) is 0 Å². The van der Waals surface area contributed by atoms with Crippen LogP contribution in [-0.4, -0.2) is 18.2 Å². The van der Waals surface area contributed by atoms with Gasteiger partial charge in [0, 0.05) is 5.56 Å². The molecule has 1 aromatic carbocycles. The molecule has 3 heteroatoms. The summed E-state index contributed by atoms with van der Waals surface area (Å²) < 4.78 is 10.8. The van der Waals surface area contributed by atoms with Crippen LogP contribution in [0.5, 0.6) is 5.75 Å². The monoisotopic (exact) mass is 220 g/mol. The van der Waals surface area contributed by atoms with Gasteiger partial charge in [0.05, 0.1) is 0 Å². The van der Waals surface area contributed by atoms with Crippen molar-refractivity contribution in [3.05, 3.63) is 29.8 Å². The lowest BCUT2D eigenvalue weighted by Crippen LogP contribution is -2.28. The first kappa shape index (κ1) is 11.0. The van der Waals surface area contributed by atoms with Crippen LogP contribution in [0.4, 0.5) is 0 Å². The summed E-state index contributed by atoms with van der Waals surface area (Å²) in [4.78, 5) is 11.9. The average molecular weight is 220 g/mol. The standard InChI is InChI=1S/C13H16O3/c1-13(2,3)16-12(14)10-8-15-11-7-5-4-6-9(10)11/h4-7,10H,8H2,1-3H3. The van der Waals surface area contributed by atoms with Gasteiger partial charge in [-0.2, -0.15) is 0 Å². The minimum absolute atomic E-state index is 0.211. The Bertz CT molecular complexity index is 404. The maximum absolute atomic E-state index is 11.9. The zero-order valence-corrected chi connectivity index (χ0v) is 9.82. The first-order valence-electron chi connectivity index (χ1n) is 5.42. The Hall–Kier alpha value is -1.51. The van der Waals surface area contributed by atoms with Crippen molar-refractivity contribution in [1.29, 1.82) is 0 Å². The summed E-state index contributed by atoms with van der Waals surface area (Å²) in [5, 5.41) is 0. The van der Waals surface area contributed by atoms with Crippen molar-refractivity contribution in [3.8, 4) is 5.75 Å². The fourth-order valence-electron chi connectivity index (χ4n) is 1.73. The van der Waals surface area contributed by atoms with E-state index in [1.165, 1.54) is 0 Å². The van der Waals surface area contributed by atoms with E-state index in [2.05, 4.69) is 0 Å². The van der Waals surface area contributed by atoms with E-state index in [-0.39, 0.29) is 11.9 Å². The molecule has 16 heavy (non-hydrogen) atoms. The third kappa shape index (κ3) is 2.18. The number of rotatable bonds is 1. The highest BCUT2D eigenvalue weighted by atomic mass is 16.6. The van der Waals surface area contributed by atoms with Crippen LogP contribution in [0.15, 0.2) is 24.3 Å². The van der Waals surface area contributed by atoms with Crippen molar-refractivity contribution < 1.29 is 14.3 Å². The van der Waals surface area contributed by atoms with Crippen LogP contribution in [0.3, 0.4) is 0 Å². The molecule has 86 valence electrons. The van der Waals surface area contributed by atoms with E-state index in [1.807, 2.05) is 45.0 Å². The number of ether oxygens (including phenoxy) is 2. The molecule has 0 fully saturated rings. The minimum atomic E-state index is -0.450. The van der Waals surface area contributed by atoms with E-state index in [9.17, 15) is 4.79 Å². The summed E-state index contributed by atoms with van der Waals surface area (Å²) in [7, 11) is 0. The molecular formula is C13H16O3. The Morgan fingerprint density at radius 3 is 2.75 bits per heavy atom. The summed E-state index contributed by atoms with van der Waals surface area (Å²) in [6.07, 6.45) is 0. The molecule has 1 heterocycles. The van der Waals surface area contributed by atoms with Crippen LogP contribution in [0.1, 0.15) is 32.3 Å². The predicted molar refractivity (Wildman–Crippen MR) is 60.5 cm³/mol. The quantitative estimate of drug-likeness (QED) is 0.682. The number of carbonyl (C=O) groups excluding carboxylic acids is 1. The zero-order valence-electron chi connectivity index (χ0n) is 9.82. The lowest BCUT2D eigenvalue weighted by atomic mass is 10.0. The van der Waals surface area contributed by atoms with Crippen LogP contribution < -0.4 is 4.74 Å². The summed E-state index contributed by atoms with van der Waals surface area (Å²) in [6, 6.07) is 7.60. The highest BCUT2D eigenvalue weighted by Gasteiger charge is 2.33. The predicted octanol–water partition coefficient (Wildman–Crippen LogP) is 2.50. The fourth-order valence-corrected chi connectivity index (χ4v) is 1.73. The van der Waals surface area contributed by atoms with Crippen molar-refractivity contribution in [3.63, 3.8) is 0 Å². The van der Waals surface area contributed by atoms with E-state index >= 15 is 0 Å². The van der Waals surface area contributed by atoms with Crippen LogP contribution in [0.25, 0.3) is 0 Å². The van der Waals surface area contributed by atoms with Crippen molar-refractivity contribution in [1.82, 2.24) is 0 Å². The molecule has 0 spiro atoms. The molecule has 1 aliphatic heterocycles. The number of fused-ring (bicyclic) bond motifs is 1. The van der Waals surface area contributed by atoms with Crippen molar-refractivity contribution >= 4 is 5.97 Å².